The smallest absolute Gasteiger partial charge is 0.329 e. The second-order valence-electron chi connectivity index (χ2n) is 5.09. The van der Waals surface area contributed by atoms with E-state index in [1.807, 2.05) is 31.2 Å². The van der Waals surface area contributed by atoms with Crippen molar-refractivity contribution in [2.24, 2.45) is 0 Å². The van der Waals surface area contributed by atoms with Crippen molar-refractivity contribution in [3.63, 3.8) is 0 Å². The van der Waals surface area contributed by atoms with E-state index >= 15 is 0 Å². The van der Waals surface area contributed by atoms with Gasteiger partial charge in [-0.3, -0.25) is 4.79 Å². The first-order chi connectivity index (χ1) is 9.07. The van der Waals surface area contributed by atoms with Crippen LogP contribution in [0.3, 0.4) is 0 Å². The van der Waals surface area contributed by atoms with Crippen LogP contribution < -0.4 is 5.32 Å². The van der Waals surface area contributed by atoms with E-state index in [-0.39, 0.29) is 12.3 Å². The molecule has 19 heavy (non-hydrogen) atoms. The highest BCUT2D eigenvalue weighted by molar-refractivity contribution is 5.88. The van der Waals surface area contributed by atoms with Crippen molar-refractivity contribution in [1.82, 2.24) is 5.32 Å². The molecule has 1 aliphatic rings. The van der Waals surface area contributed by atoms with E-state index in [4.69, 9.17) is 0 Å². The molecule has 0 aromatic heterocycles. The third-order valence-corrected chi connectivity index (χ3v) is 3.85. The maximum absolute atomic E-state index is 12.0. The number of rotatable bonds is 5. The Balaban J connectivity index is 2.03. The van der Waals surface area contributed by atoms with Gasteiger partial charge in [-0.1, -0.05) is 31.2 Å². The van der Waals surface area contributed by atoms with Crippen molar-refractivity contribution in [3.05, 3.63) is 35.4 Å². The van der Waals surface area contributed by atoms with Gasteiger partial charge in [0.15, 0.2) is 0 Å². The Morgan fingerprint density at radius 2 is 1.89 bits per heavy atom. The van der Waals surface area contributed by atoms with Gasteiger partial charge in [0.25, 0.3) is 0 Å². The number of hydrogen-bond donors (Lipinski definition) is 2. The van der Waals surface area contributed by atoms with Crippen LogP contribution in [0.5, 0.6) is 0 Å². The summed E-state index contributed by atoms with van der Waals surface area (Å²) in [4.78, 5) is 23.2. The molecule has 0 atom stereocenters. The van der Waals surface area contributed by atoms with Crippen molar-refractivity contribution >= 4 is 11.9 Å². The minimum atomic E-state index is -1.02. The Kier molecular flexibility index (Phi) is 3.88. The molecule has 1 saturated carbocycles. The van der Waals surface area contributed by atoms with Crippen molar-refractivity contribution in [2.45, 2.75) is 44.6 Å². The molecule has 0 heterocycles. The Morgan fingerprint density at radius 3 is 2.37 bits per heavy atom. The lowest BCUT2D eigenvalue weighted by atomic mass is 9.76. The number of benzene rings is 1. The molecule has 1 aromatic carbocycles. The fraction of sp³-hybridized carbons (Fsp3) is 0.467. The highest BCUT2D eigenvalue weighted by atomic mass is 16.4. The number of aryl methyl sites for hydroxylation is 1. The minimum Gasteiger partial charge on any atom is -0.480 e. The molecule has 0 aliphatic heterocycles. The van der Waals surface area contributed by atoms with Crippen LogP contribution in [0.1, 0.15) is 37.3 Å². The largest absolute Gasteiger partial charge is 0.480 e. The first kappa shape index (κ1) is 13.6. The summed E-state index contributed by atoms with van der Waals surface area (Å²) in [7, 11) is 0. The van der Waals surface area contributed by atoms with Gasteiger partial charge in [-0.15, -0.1) is 0 Å². The van der Waals surface area contributed by atoms with Crippen LogP contribution in [0.2, 0.25) is 0 Å². The number of amides is 1. The zero-order chi connectivity index (χ0) is 13.9. The molecule has 4 heteroatoms. The molecular formula is C15H19NO3. The third kappa shape index (κ3) is 2.78. The molecule has 4 nitrogen and oxygen atoms in total. The number of carbonyl (C=O) groups is 2. The van der Waals surface area contributed by atoms with Crippen molar-refractivity contribution in [2.75, 3.05) is 0 Å². The third-order valence-electron chi connectivity index (χ3n) is 3.85. The number of aliphatic carboxylic acids is 1. The summed E-state index contributed by atoms with van der Waals surface area (Å²) in [5.41, 5.74) is 1.09. The molecule has 0 radical (unpaired) electrons. The number of hydrogen-bond acceptors (Lipinski definition) is 2. The molecule has 1 amide bonds. The summed E-state index contributed by atoms with van der Waals surface area (Å²) in [6, 6.07) is 7.77. The van der Waals surface area contributed by atoms with Crippen LogP contribution in [-0.2, 0) is 22.4 Å². The molecule has 2 N–H and O–H groups in total. The van der Waals surface area contributed by atoms with E-state index in [1.165, 1.54) is 0 Å². The van der Waals surface area contributed by atoms with Gasteiger partial charge in [-0.25, -0.2) is 4.79 Å². The van der Waals surface area contributed by atoms with E-state index in [0.29, 0.717) is 12.8 Å². The molecule has 0 bridgehead atoms. The summed E-state index contributed by atoms with van der Waals surface area (Å²) in [6.45, 7) is 2.04. The van der Waals surface area contributed by atoms with Gasteiger partial charge in [0, 0.05) is 0 Å². The number of carboxylic acid groups (broad SMARTS) is 1. The van der Waals surface area contributed by atoms with Gasteiger partial charge in [-0.2, -0.15) is 0 Å². The second kappa shape index (κ2) is 5.43. The Morgan fingerprint density at radius 1 is 1.26 bits per heavy atom. The lowest BCUT2D eigenvalue weighted by Gasteiger charge is -2.38. The van der Waals surface area contributed by atoms with E-state index in [0.717, 1.165) is 24.0 Å². The Bertz CT molecular complexity index is 492. The van der Waals surface area contributed by atoms with Crippen LogP contribution in [-0.4, -0.2) is 22.5 Å². The lowest BCUT2D eigenvalue weighted by Crippen LogP contribution is -2.59. The average Bonchev–Trinajstić information content (AvgIpc) is 2.34. The van der Waals surface area contributed by atoms with Gasteiger partial charge in [-0.05, 0) is 36.8 Å². The molecule has 102 valence electrons. The average molecular weight is 261 g/mol. The highest BCUT2D eigenvalue weighted by Crippen LogP contribution is 2.32. The van der Waals surface area contributed by atoms with Crippen LogP contribution in [0.15, 0.2) is 24.3 Å². The summed E-state index contributed by atoms with van der Waals surface area (Å²) in [6.07, 6.45) is 3.04. The highest BCUT2D eigenvalue weighted by Gasteiger charge is 2.45. The predicted molar refractivity (Wildman–Crippen MR) is 71.9 cm³/mol. The quantitative estimate of drug-likeness (QED) is 0.851. The predicted octanol–water partition coefficient (Wildman–Crippen LogP) is 1.91. The van der Waals surface area contributed by atoms with E-state index < -0.39 is 11.5 Å². The summed E-state index contributed by atoms with van der Waals surface area (Å²) >= 11 is 0. The number of carboxylic acids is 1. The standard InChI is InChI=1S/C15H19NO3/c1-2-11-6-3-4-7-12(11)10-13(17)16-15(14(18)19)8-5-9-15/h3-4,6-7H,2,5,8-10H2,1H3,(H,16,17)(H,18,19). The van der Waals surface area contributed by atoms with Crippen LogP contribution in [0.25, 0.3) is 0 Å². The van der Waals surface area contributed by atoms with Gasteiger partial charge in [0.2, 0.25) is 5.91 Å². The molecular weight excluding hydrogens is 242 g/mol. The Hall–Kier alpha value is -1.84. The molecule has 1 aliphatic carbocycles. The molecule has 0 saturated heterocycles. The van der Waals surface area contributed by atoms with Crippen molar-refractivity contribution in [3.8, 4) is 0 Å². The number of nitrogens with one attached hydrogen (secondary N) is 1. The van der Waals surface area contributed by atoms with Crippen LogP contribution in [0, 0.1) is 0 Å². The van der Waals surface area contributed by atoms with Crippen LogP contribution >= 0.6 is 0 Å². The van der Waals surface area contributed by atoms with Crippen LogP contribution in [0.4, 0.5) is 0 Å². The molecule has 1 aromatic rings. The summed E-state index contributed by atoms with van der Waals surface area (Å²) in [5.74, 6) is -1.13. The van der Waals surface area contributed by atoms with Gasteiger partial charge >= 0.3 is 5.97 Å². The zero-order valence-corrected chi connectivity index (χ0v) is 11.1. The van der Waals surface area contributed by atoms with E-state index in [1.54, 1.807) is 0 Å². The van der Waals surface area contributed by atoms with Crippen molar-refractivity contribution in [1.29, 1.82) is 0 Å². The lowest BCUT2D eigenvalue weighted by molar-refractivity contribution is -0.151. The monoisotopic (exact) mass is 261 g/mol. The maximum atomic E-state index is 12.0. The van der Waals surface area contributed by atoms with Crippen molar-refractivity contribution < 1.29 is 14.7 Å². The molecule has 1 fully saturated rings. The van der Waals surface area contributed by atoms with E-state index in [2.05, 4.69) is 5.32 Å². The molecule has 0 spiro atoms. The normalized spacial score (nSPS) is 16.5. The zero-order valence-electron chi connectivity index (χ0n) is 11.1. The number of carbonyl (C=O) groups excluding carboxylic acids is 1. The Labute approximate surface area is 112 Å². The summed E-state index contributed by atoms with van der Waals surface area (Å²) < 4.78 is 0. The fourth-order valence-electron chi connectivity index (χ4n) is 2.48. The first-order valence-electron chi connectivity index (χ1n) is 6.68. The fourth-order valence-corrected chi connectivity index (χ4v) is 2.48. The SMILES string of the molecule is CCc1ccccc1CC(=O)NC1(C(=O)O)CCC1. The van der Waals surface area contributed by atoms with Gasteiger partial charge < -0.3 is 10.4 Å². The topological polar surface area (TPSA) is 66.4 Å². The van der Waals surface area contributed by atoms with E-state index in [9.17, 15) is 14.7 Å². The minimum absolute atomic E-state index is 0.206. The van der Waals surface area contributed by atoms with Gasteiger partial charge in [0.1, 0.15) is 5.54 Å². The molecule has 0 unspecified atom stereocenters. The maximum Gasteiger partial charge on any atom is 0.329 e. The molecule has 2 rings (SSSR count). The second-order valence-corrected chi connectivity index (χ2v) is 5.09. The first-order valence-corrected chi connectivity index (χ1v) is 6.68. The summed E-state index contributed by atoms with van der Waals surface area (Å²) in [5, 5.41) is 11.9. The van der Waals surface area contributed by atoms with Gasteiger partial charge in [0.05, 0.1) is 6.42 Å².